The minimum atomic E-state index is -0.0730. The molecule has 1 aromatic carbocycles. The predicted octanol–water partition coefficient (Wildman–Crippen LogP) is 2.64. The molecular formula is C24H35N5O3. The van der Waals surface area contributed by atoms with Crippen LogP contribution in [0.1, 0.15) is 37.1 Å². The molecule has 0 spiro atoms. The van der Waals surface area contributed by atoms with Gasteiger partial charge in [-0.3, -0.25) is 9.69 Å². The summed E-state index contributed by atoms with van der Waals surface area (Å²) in [5.74, 6) is 2.33. The van der Waals surface area contributed by atoms with Gasteiger partial charge in [0.15, 0.2) is 12.6 Å². The number of guanidine groups is 1. The van der Waals surface area contributed by atoms with Crippen molar-refractivity contribution < 1.29 is 13.9 Å². The largest absolute Gasteiger partial charge is 0.484 e. The molecule has 1 amide bonds. The Bertz CT molecular complexity index is 860. The first-order valence-electron chi connectivity index (χ1n) is 11.3. The number of amides is 1. The van der Waals surface area contributed by atoms with Gasteiger partial charge >= 0.3 is 0 Å². The summed E-state index contributed by atoms with van der Waals surface area (Å²) in [6.45, 7) is 6.25. The number of nitrogens with one attached hydrogen (secondary N) is 2. The maximum Gasteiger partial charge on any atom is 0.259 e. The number of aliphatic imine (C=N–C) groups is 1. The summed E-state index contributed by atoms with van der Waals surface area (Å²) in [5, 5.41) is 6.80. The van der Waals surface area contributed by atoms with E-state index in [0.717, 1.165) is 43.5 Å². The highest BCUT2D eigenvalue weighted by Crippen LogP contribution is 2.24. The number of nitrogens with zero attached hydrogens (tertiary/aromatic N) is 3. The Labute approximate surface area is 190 Å². The van der Waals surface area contributed by atoms with Gasteiger partial charge in [-0.25, -0.2) is 4.99 Å². The van der Waals surface area contributed by atoms with Crippen LogP contribution in [0.15, 0.2) is 52.1 Å². The van der Waals surface area contributed by atoms with E-state index in [1.54, 1.807) is 20.4 Å². The van der Waals surface area contributed by atoms with E-state index in [4.69, 9.17) is 14.1 Å². The summed E-state index contributed by atoms with van der Waals surface area (Å²) >= 11 is 0. The molecule has 0 aliphatic carbocycles. The Morgan fingerprint density at radius 2 is 2.03 bits per heavy atom. The molecule has 1 aliphatic rings. The lowest BCUT2D eigenvalue weighted by atomic mass is 10.2. The number of carbonyl (C=O) groups is 1. The van der Waals surface area contributed by atoms with Crippen LogP contribution in [0.3, 0.4) is 0 Å². The fourth-order valence-electron chi connectivity index (χ4n) is 3.66. The van der Waals surface area contributed by atoms with Crippen molar-refractivity contribution in [2.45, 2.75) is 32.4 Å². The van der Waals surface area contributed by atoms with E-state index in [9.17, 15) is 4.79 Å². The van der Waals surface area contributed by atoms with Crippen LogP contribution in [-0.2, 0) is 11.3 Å². The van der Waals surface area contributed by atoms with Crippen molar-refractivity contribution in [1.82, 2.24) is 20.4 Å². The van der Waals surface area contributed by atoms with E-state index in [1.807, 2.05) is 36.4 Å². The number of hydrogen-bond acceptors (Lipinski definition) is 5. The summed E-state index contributed by atoms with van der Waals surface area (Å²) in [4.78, 5) is 20.5. The number of furan rings is 1. The fraction of sp³-hybridized carbons (Fsp3) is 0.500. The molecule has 1 aliphatic heterocycles. The number of likely N-dealkylation sites (tertiary alicyclic amines) is 1. The van der Waals surface area contributed by atoms with Crippen molar-refractivity contribution in [3.05, 3.63) is 54.0 Å². The van der Waals surface area contributed by atoms with E-state index in [2.05, 4.69) is 22.5 Å². The average molecular weight is 442 g/mol. The third-order valence-corrected chi connectivity index (χ3v) is 5.44. The van der Waals surface area contributed by atoms with Crippen molar-refractivity contribution in [3.8, 4) is 5.75 Å². The van der Waals surface area contributed by atoms with Crippen LogP contribution in [0.2, 0.25) is 0 Å². The molecule has 1 fully saturated rings. The lowest BCUT2D eigenvalue weighted by molar-refractivity contribution is -0.130. The van der Waals surface area contributed by atoms with E-state index in [1.165, 1.54) is 17.7 Å². The fourth-order valence-corrected chi connectivity index (χ4v) is 3.66. The van der Waals surface area contributed by atoms with Crippen LogP contribution in [-0.4, -0.2) is 68.5 Å². The van der Waals surface area contributed by atoms with Crippen LogP contribution in [0, 0.1) is 0 Å². The van der Waals surface area contributed by atoms with Gasteiger partial charge in [0.05, 0.1) is 18.8 Å². The summed E-state index contributed by atoms with van der Waals surface area (Å²) in [6, 6.07) is 11.9. The molecule has 174 valence electrons. The normalized spacial score (nSPS) is 15.4. The summed E-state index contributed by atoms with van der Waals surface area (Å²) < 4.78 is 11.3. The summed E-state index contributed by atoms with van der Waals surface area (Å²) in [7, 11) is 3.43. The highest BCUT2D eigenvalue weighted by molar-refractivity contribution is 5.79. The van der Waals surface area contributed by atoms with Crippen molar-refractivity contribution in [3.63, 3.8) is 0 Å². The van der Waals surface area contributed by atoms with E-state index < -0.39 is 0 Å². The molecular weight excluding hydrogens is 406 g/mol. The zero-order valence-corrected chi connectivity index (χ0v) is 19.3. The number of rotatable bonds is 10. The van der Waals surface area contributed by atoms with Crippen molar-refractivity contribution in [1.29, 1.82) is 0 Å². The first kappa shape index (κ1) is 23.7. The first-order chi connectivity index (χ1) is 15.6. The number of carbonyl (C=O) groups excluding carboxylic acids is 1. The molecule has 1 atom stereocenters. The molecule has 2 heterocycles. The van der Waals surface area contributed by atoms with Crippen LogP contribution < -0.4 is 15.4 Å². The third kappa shape index (κ3) is 7.02. The minimum Gasteiger partial charge on any atom is -0.484 e. The molecule has 8 nitrogen and oxygen atoms in total. The van der Waals surface area contributed by atoms with Gasteiger partial charge in [0.1, 0.15) is 11.5 Å². The van der Waals surface area contributed by atoms with E-state index >= 15 is 0 Å². The van der Waals surface area contributed by atoms with Crippen LogP contribution in [0.4, 0.5) is 0 Å². The molecule has 32 heavy (non-hydrogen) atoms. The van der Waals surface area contributed by atoms with Crippen LogP contribution in [0.5, 0.6) is 5.75 Å². The van der Waals surface area contributed by atoms with Gasteiger partial charge in [0, 0.05) is 27.2 Å². The average Bonchev–Trinajstić information content (AvgIpc) is 3.51. The van der Waals surface area contributed by atoms with Gasteiger partial charge in [-0.15, -0.1) is 0 Å². The topological polar surface area (TPSA) is 82.3 Å². The second-order valence-corrected chi connectivity index (χ2v) is 8.07. The SMILES string of the molecule is CCNC(=NCc1cccc(OCC(=O)N(C)C)c1)NCC(c1ccco1)N1CCCC1. The van der Waals surface area contributed by atoms with Crippen LogP contribution in [0.25, 0.3) is 0 Å². The predicted molar refractivity (Wildman–Crippen MR) is 126 cm³/mol. The Balaban J connectivity index is 1.60. The number of benzene rings is 1. The Morgan fingerprint density at radius 1 is 1.22 bits per heavy atom. The molecule has 1 unspecified atom stereocenters. The number of ether oxygens (including phenoxy) is 1. The van der Waals surface area contributed by atoms with Gasteiger partial charge in [0.2, 0.25) is 0 Å². The maximum absolute atomic E-state index is 11.7. The molecule has 1 aromatic heterocycles. The first-order valence-corrected chi connectivity index (χ1v) is 11.3. The molecule has 0 bridgehead atoms. The Morgan fingerprint density at radius 3 is 2.72 bits per heavy atom. The lowest BCUT2D eigenvalue weighted by Gasteiger charge is -2.26. The van der Waals surface area contributed by atoms with Crippen molar-refractivity contribution >= 4 is 11.9 Å². The van der Waals surface area contributed by atoms with Gasteiger partial charge < -0.3 is 24.7 Å². The Kier molecular flexibility index (Phi) is 8.98. The standard InChI is InChI=1S/C24H35N5O3/c1-4-25-24(27-17-21(22-11-8-14-31-22)29-12-5-6-13-29)26-16-19-9-7-10-20(15-19)32-18-23(30)28(2)3/h7-11,14-15,21H,4-6,12-13,16-18H2,1-3H3,(H2,25,26,27). The molecule has 1 saturated heterocycles. The van der Waals surface area contributed by atoms with Crippen molar-refractivity contribution in [2.24, 2.45) is 4.99 Å². The molecule has 3 rings (SSSR count). The Hall–Kier alpha value is -3.00. The summed E-state index contributed by atoms with van der Waals surface area (Å²) in [6.07, 6.45) is 4.19. The van der Waals surface area contributed by atoms with Gasteiger partial charge in [-0.1, -0.05) is 12.1 Å². The number of hydrogen-bond donors (Lipinski definition) is 2. The molecule has 2 aromatic rings. The molecule has 2 N–H and O–H groups in total. The second kappa shape index (κ2) is 12.1. The zero-order valence-electron chi connectivity index (χ0n) is 19.3. The third-order valence-electron chi connectivity index (χ3n) is 5.44. The van der Waals surface area contributed by atoms with E-state index in [0.29, 0.717) is 12.3 Å². The van der Waals surface area contributed by atoms with Gasteiger partial charge in [-0.2, -0.15) is 0 Å². The van der Waals surface area contributed by atoms with E-state index in [-0.39, 0.29) is 18.6 Å². The lowest BCUT2D eigenvalue weighted by Crippen LogP contribution is -2.42. The van der Waals surface area contributed by atoms with Crippen molar-refractivity contribution in [2.75, 3.05) is 46.9 Å². The zero-order chi connectivity index (χ0) is 22.8. The monoisotopic (exact) mass is 441 g/mol. The van der Waals surface area contributed by atoms with Gasteiger partial charge in [-0.05, 0) is 62.7 Å². The molecule has 0 radical (unpaired) electrons. The summed E-state index contributed by atoms with van der Waals surface area (Å²) in [5.41, 5.74) is 1.01. The highest BCUT2D eigenvalue weighted by Gasteiger charge is 2.25. The highest BCUT2D eigenvalue weighted by atomic mass is 16.5. The second-order valence-electron chi connectivity index (χ2n) is 8.07. The molecule has 0 saturated carbocycles. The minimum absolute atomic E-state index is 0.0224. The quantitative estimate of drug-likeness (QED) is 0.436. The number of likely N-dealkylation sites (N-methyl/N-ethyl adjacent to an activating group) is 1. The maximum atomic E-state index is 11.7. The van der Waals surface area contributed by atoms with Gasteiger partial charge in [0.25, 0.3) is 5.91 Å². The molecule has 8 heteroatoms. The van der Waals surface area contributed by atoms with Crippen LogP contribution >= 0.6 is 0 Å². The smallest absolute Gasteiger partial charge is 0.259 e.